The number of aryl methyl sites for hydroxylation is 2. The van der Waals surface area contributed by atoms with E-state index in [9.17, 15) is 9.59 Å². The summed E-state index contributed by atoms with van der Waals surface area (Å²) in [6, 6.07) is 7.67. The molecule has 0 fully saturated rings. The Morgan fingerprint density at radius 1 is 1.19 bits per heavy atom. The lowest BCUT2D eigenvalue weighted by Gasteiger charge is -2.29. The Kier molecular flexibility index (Phi) is 5.53. The number of imidazole rings is 1. The van der Waals surface area contributed by atoms with Crippen LogP contribution in [0.25, 0.3) is 11.2 Å². The molecule has 0 unspecified atom stereocenters. The maximum atomic E-state index is 13.5. The fraction of sp³-hybridized carbons (Fsp3) is 0.455. The van der Waals surface area contributed by atoms with Gasteiger partial charge in [0.2, 0.25) is 5.95 Å². The number of aromatic nitrogens is 4. The molecule has 0 saturated heterocycles. The smallest absolute Gasteiger partial charge is 0.332 e. The highest BCUT2D eigenvalue weighted by molar-refractivity contribution is 5.91. The molecule has 1 aliphatic rings. The summed E-state index contributed by atoms with van der Waals surface area (Å²) in [6.07, 6.45) is 0. The molecule has 164 valence electrons. The molecular weight excluding hydrogens is 396 g/mol. The van der Waals surface area contributed by atoms with Crippen LogP contribution >= 0.6 is 0 Å². The summed E-state index contributed by atoms with van der Waals surface area (Å²) in [5.74, 6) is 0.549. The summed E-state index contributed by atoms with van der Waals surface area (Å²) in [5, 5.41) is 6.39. The second kappa shape index (κ2) is 8.14. The molecule has 31 heavy (non-hydrogen) atoms. The number of fused-ring (bicyclic) bond motifs is 3. The summed E-state index contributed by atoms with van der Waals surface area (Å²) in [5.41, 5.74) is 2.89. The minimum absolute atomic E-state index is 0.152. The van der Waals surface area contributed by atoms with Gasteiger partial charge in [-0.1, -0.05) is 29.8 Å². The molecule has 0 radical (unpaired) electrons. The Bertz CT molecular complexity index is 1280. The van der Waals surface area contributed by atoms with E-state index in [1.165, 1.54) is 9.13 Å². The van der Waals surface area contributed by atoms with Gasteiger partial charge in [-0.05, 0) is 33.3 Å². The molecule has 0 spiro atoms. The van der Waals surface area contributed by atoms with Crippen LogP contribution in [0.15, 0.2) is 39.0 Å². The second-order valence-electron chi connectivity index (χ2n) is 7.91. The first-order valence-corrected chi connectivity index (χ1v) is 10.5. The van der Waals surface area contributed by atoms with Gasteiger partial charge in [-0.3, -0.25) is 18.5 Å². The Hall–Kier alpha value is -3.20. The lowest BCUT2D eigenvalue weighted by Crippen LogP contribution is -2.40. The number of hydrogen-bond donors (Lipinski definition) is 0. The largest absolute Gasteiger partial charge is 0.380 e. The van der Waals surface area contributed by atoms with Crippen LogP contribution in [-0.2, 0) is 18.3 Å². The van der Waals surface area contributed by atoms with Crippen LogP contribution in [-0.4, -0.2) is 44.2 Å². The number of hydrazone groups is 1. The van der Waals surface area contributed by atoms with E-state index in [4.69, 9.17) is 4.74 Å². The standard InChI is InChI=1S/C22H28N6O3/c1-6-31-11-10-27-21-23-19-18(28(21)16(4)15(3)24-27)20(29)26(22(30)25(19)5)13-17-9-7-8-14(2)12-17/h7-9,12,16H,6,10-11,13H2,1-5H3/t16-/m0/s1. The quantitative estimate of drug-likeness (QED) is 0.565. The van der Waals surface area contributed by atoms with Crippen LogP contribution in [0.3, 0.4) is 0 Å². The first-order valence-electron chi connectivity index (χ1n) is 10.5. The van der Waals surface area contributed by atoms with Gasteiger partial charge in [-0.15, -0.1) is 0 Å². The number of hydrogen-bond acceptors (Lipinski definition) is 6. The third-order valence-corrected chi connectivity index (χ3v) is 5.73. The van der Waals surface area contributed by atoms with Crippen LogP contribution in [0.2, 0.25) is 0 Å². The predicted molar refractivity (Wildman–Crippen MR) is 121 cm³/mol. The van der Waals surface area contributed by atoms with E-state index in [2.05, 4.69) is 10.1 Å². The van der Waals surface area contributed by atoms with Gasteiger partial charge in [-0.2, -0.15) is 10.1 Å². The van der Waals surface area contributed by atoms with E-state index in [-0.39, 0.29) is 23.8 Å². The number of benzene rings is 1. The van der Waals surface area contributed by atoms with Gasteiger partial charge in [0.25, 0.3) is 5.56 Å². The maximum Gasteiger partial charge on any atom is 0.332 e. The van der Waals surface area contributed by atoms with Gasteiger partial charge in [0.05, 0.1) is 31.4 Å². The fourth-order valence-corrected chi connectivity index (χ4v) is 3.96. The maximum absolute atomic E-state index is 13.5. The highest BCUT2D eigenvalue weighted by atomic mass is 16.5. The van der Waals surface area contributed by atoms with Crippen molar-refractivity contribution in [3.05, 3.63) is 56.2 Å². The first kappa shape index (κ1) is 21.0. The minimum Gasteiger partial charge on any atom is -0.380 e. The van der Waals surface area contributed by atoms with Crippen molar-refractivity contribution in [1.29, 1.82) is 0 Å². The zero-order valence-electron chi connectivity index (χ0n) is 18.6. The van der Waals surface area contributed by atoms with E-state index in [0.29, 0.717) is 36.9 Å². The van der Waals surface area contributed by atoms with Crippen molar-refractivity contribution >= 4 is 22.8 Å². The number of rotatable bonds is 6. The number of ether oxygens (including phenoxy) is 1. The average Bonchev–Trinajstić information content (AvgIpc) is 3.15. The van der Waals surface area contributed by atoms with Crippen LogP contribution in [0.5, 0.6) is 0 Å². The molecule has 2 aromatic heterocycles. The van der Waals surface area contributed by atoms with Crippen LogP contribution < -0.4 is 16.3 Å². The molecule has 1 aromatic carbocycles. The zero-order valence-corrected chi connectivity index (χ0v) is 18.6. The van der Waals surface area contributed by atoms with Crippen molar-refractivity contribution in [3.63, 3.8) is 0 Å². The van der Waals surface area contributed by atoms with E-state index >= 15 is 0 Å². The molecule has 1 atom stereocenters. The summed E-state index contributed by atoms with van der Waals surface area (Å²) >= 11 is 0. The molecule has 0 amide bonds. The van der Waals surface area contributed by atoms with Gasteiger partial charge in [0, 0.05) is 13.7 Å². The summed E-state index contributed by atoms with van der Waals surface area (Å²) in [7, 11) is 1.65. The zero-order chi connectivity index (χ0) is 22.3. The molecule has 0 bridgehead atoms. The molecular formula is C22H28N6O3. The van der Waals surface area contributed by atoms with Crippen molar-refractivity contribution < 1.29 is 4.74 Å². The van der Waals surface area contributed by atoms with Crippen molar-refractivity contribution in [2.45, 2.75) is 40.3 Å². The monoisotopic (exact) mass is 424 g/mol. The van der Waals surface area contributed by atoms with Crippen molar-refractivity contribution in [2.75, 3.05) is 24.8 Å². The fourth-order valence-electron chi connectivity index (χ4n) is 3.96. The molecule has 1 aliphatic heterocycles. The highest BCUT2D eigenvalue weighted by Gasteiger charge is 2.30. The topological polar surface area (TPSA) is 86.7 Å². The van der Waals surface area contributed by atoms with Gasteiger partial charge in [-0.25, -0.2) is 9.80 Å². The first-order chi connectivity index (χ1) is 14.8. The van der Waals surface area contributed by atoms with Crippen molar-refractivity contribution in [1.82, 2.24) is 18.7 Å². The normalized spacial score (nSPS) is 16.0. The minimum atomic E-state index is -0.388. The van der Waals surface area contributed by atoms with Crippen LogP contribution in [0.4, 0.5) is 5.95 Å². The number of anilines is 1. The van der Waals surface area contributed by atoms with E-state index in [0.717, 1.165) is 16.8 Å². The van der Waals surface area contributed by atoms with Gasteiger partial charge in [0.15, 0.2) is 11.2 Å². The highest BCUT2D eigenvalue weighted by Crippen LogP contribution is 2.29. The third kappa shape index (κ3) is 3.59. The van der Waals surface area contributed by atoms with Gasteiger partial charge in [0.1, 0.15) is 0 Å². The SMILES string of the molecule is CCOCCN1N=C(C)[C@H](C)n2c1nc1c2c(=O)n(Cc2cccc(C)c2)c(=O)n1C. The van der Waals surface area contributed by atoms with Crippen LogP contribution in [0.1, 0.15) is 37.9 Å². The van der Waals surface area contributed by atoms with Gasteiger partial charge >= 0.3 is 5.69 Å². The predicted octanol–water partition coefficient (Wildman–Crippen LogP) is 2.05. The Balaban J connectivity index is 1.90. The van der Waals surface area contributed by atoms with Crippen molar-refractivity contribution in [3.8, 4) is 0 Å². The average molecular weight is 425 g/mol. The number of nitrogens with zero attached hydrogens (tertiary/aromatic N) is 6. The molecule has 0 N–H and O–H groups in total. The molecule has 3 heterocycles. The van der Waals surface area contributed by atoms with E-state index in [1.807, 2.05) is 56.5 Å². The van der Waals surface area contributed by atoms with Gasteiger partial charge < -0.3 is 4.74 Å². The molecule has 9 heteroatoms. The van der Waals surface area contributed by atoms with Crippen molar-refractivity contribution in [2.24, 2.45) is 12.1 Å². The Labute approximate surface area is 180 Å². The Morgan fingerprint density at radius 2 is 1.97 bits per heavy atom. The summed E-state index contributed by atoms with van der Waals surface area (Å²) in [6.45, 7) is 9.66. The summed E-state index contributed by atoms with van der Waals surface area (Å²) < 4.78 is 10.1. The molecule has 0 saturated carbocycles. The van der Waals surface area contributed by atoms with E-state index < -0.39 is 0 Å². The molecule has 0 aliphatic carbocycles. The lowest BCUT2D eigenvalue weighted by molar-refractivity contribution is 0.153. The molecule has 9 nitrogen and oxygen atoms in total. The summed E-state index contributed by atoms with van der Waals surface area (Å²) in [4.78, 5) is 31.3. The molecule has 4 rings (SSSR count). The third-order valence-electron chi connectivity index (χ3n) is 5.73. The lowest BCUT2D eigenvalue weighted by atomic mass is 10.1. The van der Waals surface area contributed by atoms with E-state index in [1.54, 1.807) is 12.1 Å². The second-order valence-corrected chi connectivity index (χ2v) is 7.91. The molecule has 3 aromatic rings. The Morgan fingerprint density at radius 3 is 2.68 bits per heavy atom. The van der Waals surface area contributed by atoms with Crippen LogP contribution in [0, 0.1) is 6.92 Å².